The largest absolute Gasteiger partial charge is 0.379 e. The Hall–Kier alpha value is -2.51. The van der Waals surface area contributed by atoms with Gasteiger partial charge in [0.25, 0.3) is 0 Å². The van der Waals surface area contributed by atoms with Crippen molar-refractivity contribution in [2.24, 2.45) is 0 Å². The second kappa shape index (κ2) is 7.85. The number of morpholine rings is 1. The Morgan fingerprint density at radius 1 is 1.21 bits per heavy atom. The van der Waals surface area contributed by atoms with Crippen molar-refractivity contribution < 1.29 is 9.66 Å². The zero-order valence-corrected chi connectivity index (χ0v) is 13.3. The summed E-state index contributed by atoms with van der Waals surface area (Å²) >= 11 is 0. The summed E-state index contributed by atoms with van der Waals surface area (Å²) in [6.07, 6.45) is 1.56. The number of aromatic nitrogens is 1. The summed E-state index contributed by atoms with van der Waals surface area (Å²) in [6, 6.07) is 12.9. The Kier molecular flexibility index (Phi) is 5.35. The van der Waals surface area contributed by atoms with Crippen LogP contribution in [-0.2, 0) is 4.74 Å². The first-order valence-corrected chi connectivity index (χ1v) is 7.95. The first-order chi connectivity index (χ1) is 11.7. The number of pyridine rings is 1. The fourth-order valence-corrected chi connectivity index (χ4v) is 2.78. The topological polar surface area (TPSA) is 80.5 Å². The Morgan fingerprint density at radius 3 is 2.67 bits per heavy atom. The molecular formula is C17H20N4O3. The molecule has 24 heavy (non-hydrogen) atoms. The minimum absolute atomic E-state index is 0.0135. The van der Waals surface area contributed by atoms with E-state index >= 15 is 0 Å². The van der Waals surface area contributed by atoms with Gasteiger partial charge < -0.3 is 10.1 Å². The van der Waals surface area contributed by atoms with Gasteiger partial charge in [0.05, 0.1) is 24.2 Å². The van der Waals surface area contributed by atoms with Crippen LogP contribution in [-0.4, -0.2) is 47.7 Å². The minimum atomic E-state index is -0.411. The zero-order chi connectivity index (χ0) is 16.8. The number of rotatable bonds is 6. The molecule has 7 nitrogen and oxygen atoms in total. The number of ether oxygens (including phenoxy) is 1. The molecule has 1 aromatic heterocycles. The molecular weight excluding hydrogens is 308 g/mol. The van der Waals surface area contributed by atoms with E-state index in [0.29, 0.717) is 19.0 Å². The van der Waals surface area contributed by atoms with Gasteiger partial charge in [-0.1, -0.05) is 30.3 Å². The van der Waals surface area contributed by atoms with E-state index in [1.807, 2.05) is 30.3 Å². The monoisotopic (exact) mass is 328 g/mol. The van der Waals surface area contributed by atoms with E-state index in [1.165, 1.54) is 6.07 Å². The first-order valence-electron chi connectivity index (χ1n) is 7.95. The SMILES string of the molecule is O=[N+]([O-])c1cccnc1NC(CN1CCOCC1)c1ccccc1. The summed E-state index contributed by atoms with van der Waals surface area (Å²) in [6.45, 7) is 3.88. The molecule has 0 aliphatic carbocycles. The average molecular weight is 328 g/mol. The summed E-state index contributed by atoms with van der Waals surface area (Å²) in [7, 11) is 0. The predicted octanol–water partition coefficient (Wildman–Crippen LogP) is 2.48. The molecule has 0 spiro atoms. The van der Waals surface area contributed by atoms with Crippen LogP contribution in [0.5, 0.6) is 0 Å². The maximum atomic E-state index is 11.2. The Morgan fingerprint density at radius 2 is 1.96 bits per heavy atom. The Balaban J connectivity index is 1.83. The maximum absolute atomic E-state index is 11.2. The van der Waals surface area contributed by atoms with E-state index in [4.69, 9.17) is 4.74 Å². The zero-order valence-electron chi connectivity index (χ0n) is 13.3. The molecule has 0 amide bonds. The number of nitrogens with zero attached hydrogens (tertiary/aromatic N) is 3. The lowest BCUT2D eigenvalue weighted by atomic mass is 10.1. The summed E-state index contributed by atoms with van der Waals surface area (Å²) < 4.78 is 5.39. The van der Waals surface area contributed by atoms with E-state index in [9.17, 15) is 10.1 Å². The summed E-state index contributed by atoms with van der Waals surface area (Å²) in [4.78, 5) is 17.3. The van der Waals surface area contributed by atoms with Crippen LogP contribution in [0, 0.1) is 10.1 Å². The number of nitro groups is 1. The normalized spacial score (nSPS) is 16.5. The van der Waals surface area contributed by atoms with Gasteiger partial charge in [-0.2, -0.15) is 0 Å². The summed E-state index contributed by atoms with van der Waals surface area (Å²) in [5, 5.41) is 14.5. The second-order valence-electron chi connectivity index (χ2n) is 5.65. The molecule has 126 valence electrons. The number of anilines is 1. The fourth-order valence-electron chi connectivity index (χ4n) is 2.78. The van der Waals surface area contributed by atoms with Gasteiger partial charge in [0.15, 0.2) is 0 Å². The van der Waals surface area contributed by atoms with Crippen molar-refractivity contribution in [1.29, 1.82) is 0 Å². The van der Waals surface area contributed by atoms with E-state index in [-0.39, 0.29) is 11.7 Å². The third-order valence-electron chi connectivity index (χ3n) is 4.04. The van der Waals surface area contributed by atoms with Crippen LogP contribution in [0.2, 0.25) is 0 Å². The van der Waals surface area contributed by atoms with Gasteiger partial charge in [-0.15, -0.1) is 0 Å². The molecule has 0 saturated carbocycles. The molecule has 7 heteroatoms. The van der Waals surface area contributed by atoms with Gasteiger partial charge in [0, 0.05) is 31.9 Å². The molecule has 1 aliphatic heterocycles. The van der Waals surface area contributed by atoms with E-state index in [1.54, 1.807) is 12.3 Å². The van der Waals surface area contributed by atoms with Crippen molar-refractivity contribution in [1.82, 2.24) is 9.88 Å². The highest BCUT2D eigenvalue weighted by atomic mass is 16.6. The molecule has 1 aromatic carbocycles. The number of benzene rings is 1. The standard InChI is InChI=1S/C17H20N4O3/c22-21(23)16-7-4-8-18-17(16)19-15(14-5-2-1-3-6-14)13-20-9-11-24-12-10-20/h1-8,15H,9-13H2,(H,18,19). The van der Waals surface area contributed by atoms with Crippen molar-refractivity contribution in [2.45, 2.75) is 6.04 Å². The summed E-state index contributed by atoms with van der Waals surface area (Å²) in [5.74, 6) is 0.296. The van der Waals surface area contributed by atoms with Crippen LogP contribution >= 0.6 is 0 Å². The lowest BCUT2D eigenvalue weighted by Crippen LogP contribution is -2.40. The van der Waals surface area contributed by atoms with Gasteiger partial charge >= 0.3 is 5.69 Å². The third-order valence-corrected chi connectivity index (χ3v) is 4.04. The van der Waals surface area contributed by atoms with Crippen molar-refractivity contribution in [3.05, 3.63) is 64.3 Å². The molecule has 2 heterocycles. The van der Waals surface area contributed by atoms with E-state index in [2.05, 4.69) is 15.2 Å². The third kappa shape index (κ3) is 4.06. The van der Waals surface area contributed by atoms with Crippen LogP contribution in [0.15, 0.2) is 48.7 Å². The lowest BCUT2D eigenvalue weighted by molar-refractivity contribution is -0.384. The van der Waals surface area contributed by atoms with Crippen LogP contribution in [0.3, 0.4) is 0 Å². The van der Waals surface area contributed by atoms with Crippen LogP contribution in [0.25, 0.3) is 0 Å². The maximum Gasteiger partial charge on any atom is 0.311 e. The summed E-state index contributed by atoms with van der Waals surface area (Å²) in [5.41, 5.74) is 1.06. The van der Waals surface area contributed by atoms with Gasteiger partial charge in [0.2, 0.25) is 5.82 Å². The average Bonchev–Trinajstić information content (AvgIpc) is 2.63. The van der Waals surface area contributed by atoms with E-state index < -0.39 is 4.92 Å². The van der Waals surface area contributed by atoms with Crippen LogP contribution in [0.4, 0.5) is 11.5 Å². The van der Waals surface area contributed by atoms with Gasteiger partial charge in [0.1, 0.15) is 0 Å². The molecule has 1 unspecified atom stereocenters. The number of hydrogen-bond acceptors (Lipinski definition) is 6. The predicted molar refractivity (Wildman–Crippen MR) is 91.0 cm³/mol. The smallest absolute Gasteiger partial charge is 0.311 e. The fraction of sp³-hybridized carbons (Fsp3) is 0.353. The molecule has 1 aliphatic rings. The van der Waals surface area contributed by atoms with Gasteiger partial charge in [-0.25, -0.2) is 4.98 Å². The first kappa shape index (κ1) is 16.4. The van der Waals surface area contributed by atoms with Crippen molar-refractivity contribution >= 4 is 11.5 Å². The Labute approximate surface area is 140 Å². The molecule has 0 bridgehead atoms. The highest BCUT2D eigenvalue weighted by Crippen LogP contribution is 2.26. The highest BCUT2D eigenvalue weighted by molar-refractivity contribution is 5.56. The molecule has 1 fully saturated rings. The van der Waals surface area contributed by atoms with Crippen molar-refractivity contribution in [2.75, 3.05) is 38.2 Å². The van der Waals surface area contributed by atoms with E-state index in [0.717, 1.165) is 25.2 Å². The molecule has 2 aromatic rings. The van der Waals surface area contributed by atoms with Crippen LogP contribution < -0.4 is 5.32 Å². The minimum Gasteiger partial charge on any atom is -0.379 e. The molecule has 1 N–H and O–H groups in total. The van der Waals surface area contributed by atoms with Gasteiger partial charge in [-0.05, 0) is 11.6 Å². The second-order valence-corrected chi connectivity index (χ2v) is 5.65. The van der Waals surface area contributed by atoms with Crippen LogP contribution in [0.1, 0.15) is 11.6 Å². The van der Waals surface area contributed by atoms with Crippen molar-refractivity contribution in [3.8, 4) is 0 Å². The molecule has 1 saturated heterocycles. The Bertz CT molecular complexity index is 675. The lowest BCUT2D eigenvalue weighted by Gasteiger charge is -2.31. The molecule has 0 radical (unpaired) electrons. The highest BCUT2D eigenvalue weighted by Gasteiger charge is 2.22. The number of hydrogen-bond donors (Lipinski definition) is 1. The quantitative estimate of drug-likeness (QED) is 0.648. The molecule has 3 rings (SSSR count). The van der Waals surface area contributed by atoms with Crippen molar-refractivity contribution in [3.63, 3.8) is 0 Å². The van der Waals surface area contributed by atoms with Gasteiger partial charge in [-0.3, -0.25) is 15.0 Å². The molecule has 1 atom stereocenters. The number of nitrogens with one attached hydrogen (secondary N) is 1.